The summed E-state index contributed by atoms with van der Waals surface area (Å²) in [5.74, 6) is -0.554. The highest BCUT2D eigenvalue weighted by Crippen LogP contribution is 2.25. The Kier molecular flexibility index (Phi) is 7.90. The standard InChI is InChI=1S/C29H31FN4O5/c1-18-24(33-29(39-18)19-6-3-2-4-7-19)15-26(35)34-16-20-8-10-22(17-34)32-28(37)23-14-21(30)9-11-25(23)38-13-5-12-31-27(20)36/h2-4,6-7,9,11,14,20,22H,5,8,10,12-13,15-17H2,1H3,(H,31,36)(H,32,37)/t20-,22+/m0/s1. The van der Waals surface area contributed by atoms with Crippen LogP contribution in [0.3, 0.4) is 0 Å². The number of hydrogen-bond acceptors (Lipinski definition) is 6. The van der Waals surface area contributed by atoms with Crippen LogP contribution in [-0.4, -0.2) is 59.9 Å². The molecule has 0 aliphatic carbocycles. The van der Waals surface area contributed by atoms with E-state index in [1.807, 2.05) is 30.3 Å². The molecule has 0 radical (unpaired) electrons. The Morgan fingerprint density at radius 3 is 2.77 bits per heavy atom. The van der Waals surface area contributed by atoms with Crippen LogP contribution in [-0.2, 0) is 16.0 Å². The molecule has 2 N–H and O–H groups in total. The molecule has 2 bridgehead atoms. The summed E-state index contributed by atoms with van der Waals surface area (Å²) in [5, 5.41) is 5.88. The minimum atomic E-state index is -0.545. The minimum Gasteiger partial charge on any atom is -0.493 e. The smallest absolute Gasteiger partial charge is 0.255 e. The van der Waals surface area contributed by atoms with E-state index in [4.69, 9.17) is 9.15 Å². The normalized spacial score (nSPS) is 20.2. The van der Waals surface area contributed by atoms with Crippen molar-refractivity contribution in [2.75, 3.05) is 26.2 Å². The third-order valence-electron chi connectivity index (χ3n) is 7.10. The number of rotatable bonds is 3. The number of carbonyl (C=O) groups excluding carboxylic acids is 3. The van der Waals surface area contributed by atoms with Gasteiger partial charge in [0.1, 0.15) is 17.3 Å². The van der Waals surface area contributed by atoms with Crippen LogP contribution in [0, 0.1) is 18.7 Å². The summed E-state index contributed by atoms with van der Waals surface area (Å²) in [6.45, 7) is 2.84. The maximum atomic E-state index is 14.0. The minimum absolute atomic E-state index is 0.000935. The highest BCUT2D eigenvalue weighted by molar-refractivity contribution is 5.97. The molecule has 0 saturated carbocycles. The number of oxazole rings is 1. The molecule has 2 aliphatic heterocycles. The second-order valence-electron chi connectivity index (χ2n) is 9.94. The zero-order valence-electron chi connectivity index (χ0n) is 21.7. The van der Waals surface area contributed by atoms with Crippen LogP contribution in [0.1, 0.15) is 41.1 Å². The molecule has 3 amide bonds. The van der Waals surface area contributed by atoms with Gasteiger partial charge >= 0.3 is 0 Å². The Morgan fingerprint density at radius 2 is 1.95 bits per heavy atom. The number of aryl methyl sites for hydroxylation is 1. The number of fused-ring (bicyclic) bond motifs is 4. The molecule has 2 aliphatic rings. The molecule has 0 spiro atoms. The first-order valence-electron chi connectivity index (χ1n) is 13.2. The van der Waals surface area contributed by atoms with Crippen LogP contribution in [0.4, 0.5) is 4.39 Å². The molecule has 2 atom stereocenters. The van der Waals surface area contributed by atoms with Gasteiger partial charge < -0.3 is 24.7 Å². The lowest BCUT2D eigenvalue weighted by molar-refractivity contribution is -0.132. The molecule has 1 saturated heterocycles. The molecule has 39 heavy (non-hydrogen) atoms. The van der Waals surface area contributed by atoms with E-state index in [0.717, 1.165) is 11.6 Å². The van der Waals surface area contributed by atoms with Crippen LogP contribution in [0.5, 0.6) is 5.75 Å². The highest BCUT2D eigenvalue weighted by atomic mass is 19.1. The summed E-state index contributed by atoms with van der Waals surface area (Å²) in [6.07, 6.45) is 1.49. The van der Waals surface area contributed by atoms with Crippen molar-refractivity contribution in [3.63, 3.8) is 0 Å². The third-order valence-corrected chi connectivity index (χ3v) is 7.10. The molecule has 3 heterocycles. The zero-order valence-corrected chi connectivity index (χ0v) is 21.7. The van der Waals surface area contributed by atoms with Gasteiger partial charge in [-0.05, 0) is 56.5 Å². The number of halogens is 1. The summed E-state index contributed by atoms with van der Waals surface area (Å²) in [5.41, 5.74) is 1.44. The summed E-state index contributed by atoms with van der Waals surface area (Å²) in [6, 6.07) is 12.8. The van der Waals surface area contributed by atoms with Gasteiger partial charge in [0.25, 0.3) is 5.91 Å². The van der Waals surface area contributed by atoms with Crippen LogP contribution in [0.25, 0.3) is 11.5 Å². The van der Waals surface area contributed by atoms with E-state index in [0.29, 0.717) is 43.2 Å². The highest BCUT2D eigenvalue weighted by Gasteiger charge is 2.32. The Balaban J connectivity index is 1.38. The lowest BCUT2D eigenvalue weighted by Crippen LogP contribution is -2.46. The monoisotopic (exact) mass is 534 g/mol. The maximum Gasteiger partial charge on any atom is 0.255 e. The van der Waals surface area contributed by atoms with Crippen molar-refractivity contribution in [3.8, 4) is 17.2 Å². The number of ether oxygens (including phenoxy) is 1. The molecular weight excluding hydrogens is 503 g/mol. The second kappa shape index (κ2) is 11.7. The van der Waals surface area contributed by atoms with Gasteiger partial charge in [0.05, 0.1) is 30.2 Å². The van der Waals surface area contributed by atoms with Crippen LogP contribution in [0.2, 0.25) is 0 Å². The fourth-order valence-corrected chi connectivity index (χ4v) is 4.96. The predicted molar refractivity (Wildman–Crippen MR) is 140 cm³/mol. The number of hydrogen-bond donors (Lipinski definition) is 2. The average Bonchev–Trinajstić information content (AvgIpc) is 3.15. The predicted octanol–water partition coefficient (Wildman–Crippen LogP) is 3.27. The van der Waals surface area contributed by atoms with Crippen LogP contribution < -0.4 is 15.4 Å². The number of nitrogens with one attached hydrogen (secondary N) is 2. The molecule has 1 fully saturated rings. The van der Waals surface area contributed by atoms with Crippen molar-refractivity contribution in [2.45, 2.75) is 38.6 Å². The third kappa shape index (κ3) is 6.27. The number of nitrogens with zero attached hydrogens (tertiary/aromatic N) is 2. The SMILES string of the molecule is Cc1oc(-c2ccccc2)nc1CC(=O)N1C[C@H]2CC[C@@H](C1)C(=O)NCCCOc1ccc(F)cc1C(=O)N2. The topological polar surface area (TPSA) is 114 Å². The first-order chi connectivity index (χ1) is 18.9. The first-order valence-corrected chi connectivity index (χ1v) is 13.2. The van der Waals surface area contributed by atoms with Crippen molar-refractivity contribution in [1.82, 2.24) is 20.5 Å². The summed E-state index contributed by atoms with van der Waals surface area (Å²) in [7, 11) is 0. The lowest BCUT2D eigenvalue weighted by Gasteiger charge is -2.26. The number of carbonyl (C=O) groups is 3. The molecule has 1 aromatic heterocycles. The summed E-state index contributed by atoms with van der Waals surface area (Å²) < 4.78 is 25.5. The van der Waals surface area contributed by atoms with Gasteiger partial charge in [0.15, 0.2) is 0 Å². The second-order valence-corrected chi connectivity index (χ2v) is 9.94. The maximum absolute atomic E-state index is 14.0. The number of benzene rings is 2. The summed E-state index contributed by atoms with van der Waals surface area (Å²) in [4.78, 5) is 45.9. The largest absolute Gasteiger partial charge is 0.493 e. The van der Waals surface area contributed by atoms with Gasteiger partial charge in [-0.2, -0.15) is 0 Å². The van der Waals surface area contributed by atoms with E-state index < -0.39 is 23.7 Å². The Bertz CT molecular complexity index is 1360. The lowest BCUT2D eigenvalue weighted by atomic mass is 10.0. The van der Waals surface area contributed by atoms with E-state index in [9.17, 15) is 18.8 Å². The fraction of sp³-hybridized carbons (Fsp3) is 0.379. The Labute approximate surface area is 225 Å². The molecule has 204 valence electrons. The van der Waals surface area contributed by atoms with Crippen LogP contribution >= 0.6 is 0 Å². The van der Waals surface area contributed by atoms with Gasteiger partial charge in [0, 0.05) is 31.2 Å². The average molecular weight is 535 g/mol. The number of likely N-dealkylation sites (tertiary alicyclic amines) is 1. The van der Waals surface area contributed by atoms with E-state index in [-0.39, 0.29) is 49.2 Å². The molecular formula is C29H31FN4O5. The van der Waals surface area contributed by atoms with Crippen molar-refractivity contribution in [1.29, 1.82) is 0 Å². The van der Waals surface area contributed by atoms with Crippen molar-refractivity contribution >= 4 is 17.7 Å². The number of amides is 3. The number of aromatic nitrogens is 1. The quantitative estimate of drug-likeness (QED) is 0.533. The van der Waals surface area contributed by atoms with Crippen molar-refractivity contribution in [2.24, 2.45) is 5.92 Å². The van der Waals surface area contributed by atoms with Crippen molar-refractivity contribution in [3.05, 3.63) is 71.4 Å². The van der Waals surface area contributed by atoms with Gasteiger partial charge in [-0.3, -0.25) is 14.4 Å². The first kappa shape index (κ1) is 26.4. The van der Waals surface area contributed by atoms with Gasteiger partial charge in [-0.1, -0.05) is 18.2 Å². The van der Waals surface area contributed by atoms with Gasteiger partial charge in [-0.25, -0.2) is 9.37 Å². The van der Waals surface area contributed by atoms with E-state index in [1.165, 1.54) is 12.1 Å². The molecule has 10 heteroatoms. The summed E-state index contributed by atoms with van der Waals surface area (Å²) >= 11 is 0. The Morgan fingerprint density at radius 1 is 1.13 bits per heavy atom. The molecule has 0 unspecified atom stereocenters. The Hall–Kier alpha value is -4.21. The molecule has 3 aromatic rings. The van der Waals surface area contributed by atoms with E-state index in [1.54, 1.807) is 11.8 Å². The van der Waals surface area contributed by atoms with Crippen molar-refractivity contribution < 1.29 is 27.9 Å². The zero-order chi connectivity index (χ0) is 27.4. The molecule has 9 nitrogen and oxygen atoms in total. The van der Waals surface area contributed by atoms with E-state index in [2.05, 4.69) is 15.6 Å². The molecule has 2 aromatic carbocycles. The van der Waals surface area contributed by atoms with E-state index >= 15 is 0 Å². The fourth-order valence-electron chi connectivity index (χ4n) is 4.96. The molecule has 5 rings (SSSR count). The van der Waals surface area contributed by atoms with Gasteiger partial charge in [0.2, 0.25) is 17.7 Å². The van der Waals surface area contributed by atoms with Crippen LogP contribution in [0.15, 0.2) is 52.9 Å². The van der Waals surface area contributed by atoms with Gasteiger partial charge in [-0.15, -0.1) is 0 Å².